The van der Waals surface area contributed by atoms with E-state index in [1.54, 1.807) is 24.7 Å². The predicted octanol–water partition coefficient (Wildman–Crippen LogP) is 2.95. The van der Waals surface area contributed by atoms with E-state index in [4.69, 9.17) is 16.0 Å². The smallest absolute Gasteiger partial charge is 0.251 e. The Hall–Kier alpha value is -1.74. The molecule has 1 aromatic carbocycles. The monoisotopic (exact) mass is 249 g/mol. The number of furan rings is 1. The fourth-order valence-electron chi connectivity index (χ4n) is 1.42. The molecule has 1 amide bonds. The minimum absolute atomic E-state index is 0.104. The average Bonchev–Trinajstić information content (AvgIpc) is 2.89. The molecule has 1 aromatic heterocycles. The number of amides is 1. The first kappa shape index (κ1) is 11.7. The number of carbonyl (C=O) groups excluding carboxylic acids is 1. The average molecular weight is 250 g/mol. The molecule has 0 spiro atoms. The predicted molar refractivity (Wildman–Crippen MR) is 65.9 cm³/mol. The molecular weight excluding hydrogens is 238 g/mol. The highest BCUT2D eigenvalue weighted by Gasteiger charge is 2.05. The second kappa shape index (κ2) is 5.55. The molecule has 4 heteroatoms. The van der Waals surface area contributed by atoms with Gasteiger partial charge in [-0.1, -0.05) is 12.1 Å². The summed E-state index contributed by atoms with van der Waals surface area (Å²) in [6, 6.07) is 9.04. The van der Waals surface area contributed by atoms with E-state index < -0.39 is 0 Å². The van der Waals surface area contributed by atoms with E-state index in [2.05, 4.69) is 5.32 Å². The van der Waals surface area contributed by atoms with Crippen molar-refractivity contribution in [3.8, 4) is 0 Å². The van der Waals surface area contributed by atoms with Crippen molar-refractivity contribution < 1.29 is 9.21 Å². The Balaban J connectivity index is 1.95. The number of nitrogens with one attached hydrogen (secondary N) is 1. The van der Waals surface area contributed by atoms with Crippen LogP contribution in [0.1, 0.15) is 21.5 Å². The first-order chi connectivity index (χ1) is 8.29. The molecule has 0 aliphatic carbocycles. The molecule has 3 nitrogen and oxygen atoms in total. The maximum Gasteiger partial charge on any atom is 0.251 e. The molecule has 17 heavy (non-hydrogen) atoms. The second-order valence-electron chi connectivity index (χ2n) is 3.64. The molecule has 0 saturated carbocycles. The largest absolute Gasteiger partial charge is 0.472 e. The molecule has 0 saturated heterocycles. The van der Waals surface area contributed by atoms with Gasteiger partial charge in [-0.25, -0.2) is 0 Å². The van der Waals surface area contributed by atoms with Crippen molar-refractivity contribution in [2.45, 2.75) is 12.4 Å². The molecule has 1 heterocycles. The van der Waals surface area contributed by atoms with Crippen molar-refractivity contribution in [1.29, 1.82) is 0 Å². The number of alkyl halides is 1. The lowest BCUT2D eigenvalue weighted by atomic mass is 10.1. The number of carbonyl (C=O) groups is 1. The summed E-state index contributed by atoms with van der Waals surface area (Å²) < 4.78 is 4.92. The highest BCUT2D eigenvalue weighted by atomic mass is 35.5. The normalized spacial score (nSPS) is 10.2. The molecular formula is C13H12ClNO2. The van der Waals surface area contributed by atoms with Crippen LogP contribution in [0.3, 0.4) is 0 Å². The van der Waals surface area contributed by atoms with E-state index in [9.17, 15) is 4.79 Å². The summed E-state index contributed by atoms with van der Waals surface area (Å²) in [6.07, 6.45) is 3.19. The molecule has 0 fully saturated rings. The highest BCUT2D eigenvalue weighted by molar-refractivity contribution is 6.17. The first-order valence-electron chi connectivity index (χ1n) is 5.24. The van der Waals surface area contributed by atoms with Crippen LogP contribution in [0, 0.1) is 0 Å². The van der Waals surface area contributed by atoms with Crippen LogP contribution in [-0.4, -0.2) is 5.91 Å². The van der Waals surface area contributed by atoms with Crippen molar-refractivity contribution in [3.63, 3.8) is 0 Å². The van der Waals surface area contributed by atoms with Crippen LogP contribution < -0.4 is 5.32 Å². The zero-order valence-electron chi connectivity index (χ0n) is 9.15. The molecule has 0 atom stereocenters. The van der Waals surface area contributed by atoms with Crippen molar-refractivity contribution in [1.82, 2.24) is 5.32 Å². The Morgan fingerprint density at radius 2 is 1.94 bits per heavy atom. The van der Waals surface area contributed by atoms with Crippen molar-refractivity contribution >= 4 is 17.5 Å². The maximum atomic E-state index is 11.8. The molecule has 88 valence electrons. The van der Waals surface area contributed by atoms with E-state index in [-0.39, 0.29) is 5.91 Å². The van der Waals surface area contributed by atoms with Gasteiger partial charge >= 0.3 is 0 Å². The van der Waals surface area contributed by atoms with Crippen LogP contribution in [0.25, 0.3) is 0 Å². The zero-order chi connectivity index (χ0) is 12.1. The van der Waals surface area contributed by atoms with Gasteiger partial charge in [0.2, 0.25) is 0 Å². The molecule has 0 bridgehead atoms. The minimum atomic E-state index is -0.104. The number of benzene rings is 1. The lowest BCUT2D eigenvalue weighted by Crippen LogP contribution is -2.22. The van der Waals surface area contributed by atoms with Gasteiger partial charge in [-0.2, -0.15) is 0 Å². The third kappa shape index (κ3) is 3.11. The van der Waals surface area contributed by atoms with Gasteiger partial charge in [-0.05, 0) is 23.8 Å². The van der Waals surface area contributed by atoms with Gasteiger partial charge in [0, 0.05) is 23.6 Å². The maximum absolute atomic E-state index is 11.8. The number of hydrogen-bond acceptors (Lipinski definition) is 2. The van der Waals surface area contributed by atoms with Crippen LogP contribution in [0.15, 0.2) is 47.3 Å². The summed E-state index contributed by atoms with van der Waals surface area (Å²) in [6.45, 7) is 0.465. The van der Waals surface area contributed by atoms with Crippen LogP contribution in [0.2, 0.25) is 0 Å². The van der Waals surface area contributed by atoms with Crippen molar-refractivity contribution in [2.75, 3.05) is 0 Å². The van der Waals surface area contributed by atoms with E-state index in [0.717, 1.165) is 11.1 Å². The fraction of sp³-hybridized carbons (Fsp3) is 0.154. The lowest BCUT2D eigenvalue weighted by Gasteiger charge is -2.04. The number of hydrogen-bond donors (Lipinski definition) is 1. The molecule has 0 aliphatic heterocycles. The molecule has 0 radical (unpaired) electrons. The molecule has 0 unspecified atom stereocenters. The van der Waals surface area contributed by atoms with Gasteiger partial charge in [0.1, 0.15) is 0 Å². The summed E-state index contributed by atoms with van der Waals surface area (Å²) in [7, 11) is 0. The SMILES string of the molecule is O=C(NCc1ccoc1)c1ccc(CCl)cc1. The summed E-state index contributed by atoms with van der Waals surface area (Å²) in [5.41, 5.74) is 2.57. The fourth-order valence-corrected chi connectivity index (χ4v) is 1.60. The topological polar surface area (TPSA) is 42.2 Å². The summed E-state index contributed by atoms with van der Waals surface area (Å²) >= 11 is 5.68. The lowest BCUT2D eigenvalue weighted by molar-refractivity contribution is 0.0951. The molecule has 2 aromatic rings. The Morgan fingerprint density at radius 3 is 2.53 bits per heavy atom. The van der Waals surface area contributed by atoms with Crippen molar-refractivity contribution in [2.24, 2.45) is 0 Å². The quantitative estimate of drug-likeness (QED) is 0.847. The van der Waals surface area contributed by atoms with Crippen LogP contribution in [-0.2, 0) is 12.4 Å². The second-order valence-corrected chi connectivity index (χ2v) is 3.91. The van der Waals surface area contributed by atoms with E-state index >= 15 is 0 Å². The molecule has 2 rings (SSSR count). The van der Waals surface area contributed by atoms with Crippen LogP contribution >= 0.6 is 11.6 Å². The summed E-state index contributed by atoms with van der Waals surface area (Å²) in [4.78, 5) is 11.8. The van der Waals surface area contributed by atoms with E-state index in [1.807, 2.05) is 18.2 Å². The number of rotatable bonds is 4. The van der Waals surface area contributed by atoms with Gasteiger partial charge in [-0.15, -0.1) is 11.6 Å². The first-order valence-corrected chi connectivity index (χ1v) is 5.77. The third-order valence-corrected chi connectivity index (χ3v) is 2.71. The highest BCUT2D eigenvalue weighted by Crippen LogP contribution is 2.07. The Bertz CT molecular complexity index is 477. The van der Waals surface area contributed by atoms with Gasteiger partial charge < -0.3 is 9.73 Å². The van der Waals surface area contributed by atoms with E-state index in [0.29, 0.717) is 18.0 Å². The van der Waals surface area contributed by atoms with Crippen molar-refractivity contribution in [3.05, 3.63) is 59.5 Å². The van der Waals surface area contributed by atoms with Gasteiger partial charge in [0.25, 0.3) is 5.91 Å². The Morgan fingerprint density at radius 1 is 1.18 bits per heavy atom. The Kier molecular flexibility index (Phi) is 3.83. The van der Waals surface area contributed by atoms with Gasteiger partial charge in [0.15, 0.2) is 0 Å². The minimum Gasteiger partial charge on any atom is -0.472 e. The standard InChI is InChI=1S/C13H12ClNO2/c14-7-10-1-3-12(4-2-10)13(16)15-8-11-5-6-17-9-11/h1-6,9H,7-8H2,(H,15,16). The number of halogens is 1. The van der Waals surface area contributed by atoms with Gasteiger partial charge in [-0.3, -0.25) is 4.79 Å². The van der Waals surface area contributed by atoms with Crippen LogP contribution in [0.4, 0.5) is 0 Å². The summed E-state index contributed by atoms with van der Waals surface area (Å²) in [5, 5.41) is 2.81. The Labute approximate surface area is 104 Å². The molecule has 1 N–H and O–H groups in total. The van der Waals surface area contributed by atoms with E-state index in [1.165, 1.54) is 0 Å². The van der Waals surface area contributed by atoms with Gasteiger partial charge in [0.05, 0.1) is 12.5 Å². The van der Waals surface area contributed by atoms with Crippen LogP contribution in [0.5, 0.6) is 0 Å². The molecule has 0 aliphatic rings. The zero-order valence-corrected chi connectivity index (χ0v) is 9.91. The third-order valence-electron chi connectivity index (χ3n) is 2.40. The summed E-state index contributed by atoms with van der Waals surface area (Å²) in [5.74, 6) is 0.351.